The van der Waals surface area contributed by atoms with Crippen LogP contribution in [0.5, 0.6) is 5.75 Å². The number of nitrogens with zero attached hydrogens (tertiary/aromatic N) is 6. The van der Waals surface area contributed by atoms with Crippen molar-refractivity contribution in [2.24, 2.45) is 17.8 Å². The predicted molar refractivity (Wildman–Crippen MR) is 173 cm³/mol. The molecular weight excluding hydrogens is 575 g/mol. The van der Waals surface area contributed by atoms with E-state index >= 15 is 0 Å². The number of ether oxygens (including phenoxy) is 1. The normalized spacial score (nSPS) is 19.6. The molecule has 0 radical (unpaired) electrons. The SMILES string of the molecule is BC(B)(B)NC(=O)c1nnc(NC(=O)C2CC2)cc1Nc1cccc(-c2nc(CN3CC4CN(C(C)=O)CC4C3)no2)c1OC. The van der Waals surface area contributed by atoms with Crippen LogP contribution in [0.1, 0.15) is 36.1 Å². The number of nitrogens with one attached hydrogen (secondary N) is 3. The fourth-order valence-corrected chi connectivity index (χ4v) is 5.96. The molecule has 0 bridgehead atoms. The Bertz CT molecular complexity index is 1610. The molecule has 45 heavy (non-hydrogen) atoms. The molecule has 17 heteroatoms. The summed E-state index contributed by atoms with van der Waals surface area (Å²) in [5.74, 6) is 2.01. The van der Waals surface area contributed by atoms with Crippen LogP contribution in [-0.2, 0) is 16.1 Å². The molecule has 0 spiro atoms. The minimum Gasteiger partial charge on any atom is -0.494 e. The number of para-hydroxylation sites is 1. The van der Waals surface area contributed by atoms with Crippen LogP contribution in [-0.4, -0.2) is 110 Å². The van der Waals surface area contributed by atoms with Crippen LogP contribution in [0, 0.1) is 17.8 Å². The standard InChI is InChI=1S/C28H36B3N9O5/c1-14(41)40-11-16-9-39(10-17(16)12-40)13-22-34-27(45-38-22)18-4-3-5-19(24(18)44-2)32-20-8-21(33-25(42)15-6-7-15)36-37-23(20)26(43)35-28(29,30)31/h3-5,8,15-17H,6-7,9-13,29-31H2,1-2H3,(H,35,43)(H2,32,33,36,42). The molecule has 6 rings (SSSR count). The number of carbonyl (C=O) groups is 3. The van der Waals surface area contributed by atoms with Gasteiger partial charge in [0.25, 0.3) is 11.8 Å². The van der Waals surface area contributed by atoms with Gasteiger partial charge in [0, 0.05) is 45.1 Å². The number of likely N-dealkylation sites (tertiary alicyclic amines) is 2. The zero-order chi connectivity index (χ0) is 31.9. The molecule has 232 valence electrons. The summed E-state index contributed by atoms with van der Waals surface area (Å²) in [5, 5.41) is 21.0. The summed E-state index contributed by atoms with van der Waals surface area (Å²) < 4.78 is 11.5. The Hall–Kier alpha value is -4.40. The maximum absolute atomic E-state index is 13.2. The number of hydrogen-bond acceptors (Lipinski definition) is 11. The smallest absolute Gasteiger partial charge is 0.272 e. The highest BCUT2D eigenvalue weighted by Crippen LogP contribution is 2.38. The molecule has 1 aliphatic carbocycles. The monoisotopic (exact) mass is 611 g/mol. The largest absolute Gasteiger partial charge is 0.494 e. The molecule has 3 amide bonds. The van der Waals surface area contributed by atoms with Gasteiger partial charge in [-0.1, -0.05) is 11.2 Å². The number of amides is 3. The highest BCUT2D eigenvalue weighted by Gasteiger charge is 2.41. The maximum atomic E-state index is 13.2. The van der Waals surface area contributed by atoms with E-state index in [1.807, 2.05) is 40.6 Å². The second-order valence-corrected chi connectivity index (χ2v) is 13.1. The van der Waals surface area contributed by atoms with Crippen molar-refractivity contribution in [2.45, 2.75) is 31.5 Å². The van der Waals surface area contributed by atoms with Crippen LogP contribution in [0.25, 0.3) is 11.5 Å². The van der Waals surface area contributed by atoms with Gasteiger partial charge in [-0.15, -0.1) is 10.2 Å². The number of aromatic nitrogens is 4. The zero-order valence-electron chi connectivity index (χ0n) is 26.2. The van der Waals surface area contributed by atoms with Gasteiger partial charge in [0.1, 0.15) is 23.5 Å². The molecule has 1 aromatic carbocycles. The highest BCUT2D eigenvalue weighted by molar-refractivity contribution is 6.60. The van der Waals surface area contributed by atoms with Crippen molar-refractivity contribution in [2.75, 3.05) is 43.9 Å². The molecule has 14 nitrogen and oxygen atoms in total. The summed E-state index contributed by atoms with van der Waals surface area (Å²) >= 11 is 0. The average molecular weight is 611 g/mol. The molecule has 2 saturated heterocycles. The van der Waals surface area contributed by atoms with E-state index in [9.17, 15) is 14.4 Å². The number of carbonyl (C=O) groups excluding carboxylic acids is 3. The quantitative estimate of drug-likeness (QED) is 0.235. The maximum Gasteiger partial charge on any atom is 0.272 e. The fourth-order valence-electron chi connectivity index (χ4n) is 5.96. The molecule has 4 heterocycles. The van der Waals surface area contributed by atoms with Gasteiger partial charge in [0.05, 0.1) is 30.6 Å². The van der Waals surface area contributed by atoms with Crippen molar-refractivity contribution in [3.63, 3.8) is 0 Å². The Morgan fingerprint density at radius 3 is 2.44 bits per heavy atom. The Kier molecular flexibility index (Phi) is 8.29. The van der Waals surface area contributed by atoms with E-state index in [0.29, 0.717) is 52.8 Å². The summed E-state index contributed by atoms with van der Waals surface area (Å²) in [4.78, 5) is 46.3. The van der Waals surface area contributed by atoms with Crippen LogP contribution < -0.4 is 20.7 Å². The first-order valence-corrected chi connectivity index (χ1v) is 15.2. The summed E-state index contributed by atoms with van der Waals surface area (Å²) in [5.41, 5.74) is 1.49. The molecule has 1 saturated carbocycles. The molecule has 2 unspecified atom stereocenters. The van der Waals surface area contributed by atoms with Crippen LogP contribution >= 0.6 is 0 Å². The summed E-state index contributed by atoms with van der Waals surface area (Å²) in [6.45, 7) is 5.53. The van der Waals surface area contributed by atoms with Gasteiger partial charge in [0.15, 0.2) is 23.1 Å². The Labute approximate surface area is 263 Å². The minimum absolute atomic E-state index is 0.0228. The van der Waals surface area contributed by atoms with E-state index in [2.05, 4.69) is 41.2 Å². The highest BCUT2D eigenvalue weighted by atomic mass is 16.5. The number of fused-ring (bicyclic) bond motifs is 1. The molecule has 2 aliphatic heterocycles. The molecule has 2 aromatic heterocycles. The van der Waals surface area contributed by atoms with Crippen molar-refractivity contribution in [1.29, 1.82) is 0 Å². The molecule has 3 fully saturated rings. The van der Waals surface area contributed by atoms with E-state index in [4.69, 9.17) is 9.26 Å². The summed E-state index contributed by atoms with van der Waals surface area (Å²) in [7, 11) is 7.16. The first-order chi connectivity index (χ1) is 21.5. The van der Waals surface area contributed by atoms with Crippen molar-refractivity contribution >= 4 is 58.5 Å². The van der Waals surface area contributed by atoms with Crippen molar-refractivity contribution in [1.82, 2.24) is 35.5 Å². The second-order valence-electron chi connectivity index (χ2n) is 13.1. The van der Waals surface area contributed by atoms with Crippen LogP contribution in [0.3, 0.4) is 0 Å². The lowest BCUT2D eigenvalue weighted by Crippen LogP contribution is -2.50. The van der Waals surface area contributed by atoms with E-state index in [1.54, 1.807) is 19.1 Å². The number of anilines is 3. The summed E-state index contributed by atoms with van der Waals surface area (Å²) in [6, 6.07) is 7.01. The van der Waals surface area contributed by atoms with Crippen LogP contribution in [0.15, 0.2) is 28.8 Å². The molecule has 3 aliphatic rings. The number of benzene rings is 1. The van der Waals surface area contributed by atoms with Gasteiger partial charge < -0.3 is 30.1 Å². The van der Waals surface area contributed by atoms with Crippen molar-refractivity contribution in [3.05, 3.63) is 35.8 Å². The second kappa shape index (κ2) is 12.2. The number of rotatable bonds is 10. The van der Waals surface area contributed by atoms with Crippen molar-refractivity contribution < 1.29 is 23.6 Å². The third kappa shape index (κ3) is 6.98. The minimum atomic E-state index is -0.509. The van der Waals surface area contributed by atoms with Gasteiger partial charge in [0.2, 0.25) is 11.8 Å². The molecule has 2 atom stereocenters. The number of hydrogen-bond donors (Lipinski definition) is 3. The Balaban J connectivity index is 1.22. The van der Waals surface area contributed by atoms with E-state index in [-0.39, 0.29) is 29.2 Å². The fraction of sp³-hybridized carbons (Fsp3) is 0.464. The average Bonchev–Trinajstić information content (AvgIpc) is 3.43. The van der Waals surface area contributed by atoms with Gasteiger partial charge in [-0.2, -0.15) is 4.98 Å². The van der Waals surface area contributed by atoms with Crippen LogP contribution in [0.4, 0.5) is 17.2 Å². The third-order valence-corrected chi connectivity index (χ3v) is 8.26. The van der Waals surface area contributed by atoms with Crippen molar-refractivity contribution in [3.8, 4) is 17.2 Å². The van der Waals surface area contributed by atoms with Gasteiger partial charge >= 0.3 is 0 Å². The van der Waals surface area contributed by atoms with E-state index in [1.165, 1.54) is 7.11 Å². The molecule has 3 N–H and O–H groups in total. The summed E-state index contributed by atoms with van der Waals surface area (Å²) in [6.07, 6.45) is 1.69. The zero-order valence-corrected chi connectivity index (χ0v) is 26.2. The first-order valence-electron chi connectivity index (χ1n) is 15.2. The third-order valence-electron chi connectivity index (χ3n) is 8.26. The van der Waals surface area contributed by atoms with E-state index in [0.717, 1.165) is 39.0 Å². The Morgan fingerprint density at radius 2 is 1.80 bits per heavy atom. The number of methoxy groups -OCH3 is 1. The predicted octanol–water partition coefficient (Wildman–Crippen LogP) is -1.22. The van der Waals surface area contributed by atoms with Gasteiger partial charge in [-0.25, -0.2) is 0 Å². The lowest BCUT2D eigenvalue weighted by Gasteiger charge is -2.21. The molecule has 3 aromatic rings. The topological polar surface area (TPSA) is 168 Å². The lowest BCUT2D eigenvalue weighted by atomic mass is 9.49. The van der Waals surface area contributed by atoms with Crippen LogP contribution in [0.2, 0.25) is 0 Å². The first kappa shape index (κ1) is 30.6. The van der Waals surface area contributed by atoms with E-state index < -0.39 is 11.1 Å². The Morgan fingerprint density at radius 1 is 1.07 bits per heavy atom. The van der Waals surface area contributed by atoms with Gasteiger partial charge in [-0.05, 0) is 42.0 Å². The lowest BCUT2D eigenvalue weighted by molar-refractivity contribution is -0.128. The van der Waals surface area contributed by atoms with Gasteiger partial charge in [-0.3, -0.25) is 19.3 Å². The molecular formula is C28H36B3N9O5.